The molecular formula is C14H12F3NO2. The molecule has 1 aliphatic rings. The van der Waals surface area contributed by atoms with Crippen LogP contribution in [0.3, 0.4) is 0 Å². The van der Waals surface area contributed by atoms with Gasteiger partial charge in [0.05, 0.1) is 11.3 Å². The van der Waals surface area contributed by atoms with Gasteiger partial charge in [-0.2, -0.15) is 13.2 Å². The van der Waals surface area contributed by atoms with Crippen LogP contribution in [0.15, 0.2) is 47.7 Å². The maximum absolute atomic E-state index is 12.6. The molecule has 3 nitrogen and oxygen atoms in total. The molecule has 20 heavy (non-hydrogen) atoms. The maximum atomic E-state index is 12.6. The van der Waals surface area contributed by atoms with E-state index in [1.165, 1.54) is 12.1 Å². The van der Waals surface area contributed by atoms with E-state index in [1.807, 2.05) is 0 Å². The number of alkyl halides is 3. The number of carboxylic acids is 1. The van der Waals surface area contributed by atoms with Gasteiger partial charge in [-0.05, 0) is 31.1 Å². The van der Waals surface area contributed by atoms with Gasteiger partial charge in [-0.1, -0.05) is 18.2 Å². The van der Waals surface area contributed by atoms with Crippen molar-refractivity contribution in [2.45, 2.75) is 19.0 Å². The van der Waals surface area contributed by atoms with Gasteiger partial charge in [-0.15, -0.1) is 0 Å². The molecule has 0 radical (unpaired) electrons. The van der Waals surface area contributed by atoms with E-state index in [4.69, 9.17) is 5.11 Å². The zero-order valence-electron chi connectivity index (χ0n) is 10.4. The van der Waals surface area contributed by atoms with Crippen LogP contribution < -0.4 is 5.32 Å². The largest absolute Gasteiger partial charge is 0.478 e. The van der Waals surface area contributed by atoms with Gasteiger partial charge in [0.1, 0.15) is 0 Å². The molecule has 0 aliphatic heterocycles. The Balaban J connectivity index is 2.25. The van der Waals surface area contributed by atoms with Crippen molar-refractivity contribution in [3.8, 4) is 0 Å². The molecular weight excluding hydrogens is 271 g/mol. The van der Waals surface area contributed by atoms with Crippen LogP contribution in [0.2, 0.25) is 0 Å². The van der Waals surface area contributed by atoms with E-state index in [0.29, 0.717) is 0 Å². The van der Waals surface area contributed by atoms with Crippen LogP contribution in [0, 0.1) is 0 Å². The Bertz CT molecular complexity index is 588. The third kappa shape index (κ3) is 3.20. The third-order valence-corrected chi connectivity index (χ3v) is 2.91. The Morgan fingerprint density at radius 1 is 1.25 bits per heavy atom. The number of allylic oxidation sites excluding steroid dienone is 3. The first-order chi connectivity index (χ1) is 9.38. The first-order valence-electron chi connectivity index (χ1n) is 5.95. The smallest absolute Gasteiger partial charge is 0.412 e. The SMILES string of the molecule is O=C(O)c1ccccc1NC1=CCCC(C(F)(F)F)=C1. The van der Waals surface area contributed by atoms with Crippen LogP contribution in [-0.4, -0.2) is 17.3 Å². The number of carbonyl (C=O) groups is 1. The summed E-state index contributed by atoms with van der Waals surface area (Å²) in [6.07, 6.45) is -1.51. The van der Waals surface area contributed by atoms with Crippen LogP contribution in [0.1, 0.15) is 23.2 Å². The van der Waals surface area contributed by atoms with Gasteiger partial charge in [0.2, 0.25) is 0 Å². The summed E-state index contributed by atoms with van der Waals surface area (Å²) < 4.78 is 37.9. The standard InChI is InChI=1S/C14H12F3NO2/c15-14(16,17)9-4-3-5-10(8-9)18-12-7-2-1-6-11(12)13(19)20/h1-2,5-8,18H,3-4H2,(H,19,20). The van der Waals surface area contributed by atoms with Gasteiger partial charge >= 0.3 is 12.1 Å². The minimum absolute atomic E-state index is 0.0148. The first kappa shape index (κ1) is 14.2. The van der Waals surface area contributed by atoms with Crippen molar-refractivity contribution in [1.82, 2.24) is 0 Å². The van der Waals surface area contributed by atoms with Crippen molar-refractivity contribution >= 4 is 11.7 Å². The number of hydrogen-bond donors (Lipinski definition) is 2. The molecule has 106 valence electrons. The highest BCUT2D eigenvalue weighted by Crippen LogP contribution is 2.33. The van der Waals surface area contributed by atoms with Crippen molar-refractivity contribution in [3.05, 3.63) is 53.3 Å². The molecule has 0 heterocycles. The van der Waals surface area contributed by atoms with E-state index in [2.05, 4.69) is 5.32 Å². The second kappa shape index (κ2) is 5.40. The Morgan fingerprint density at radius 3 is 2.60 bits per heavy atom. The van der Waals surface area contributed by atoms with Crippen molar-refractivity contribution < 1.29 is 23.1 Å². The normalized spacial score (nSPS) is 15.3. The zero-order chi connectivity index (χ0) is 14.8. The third-order valence-electron chi connectivity index (χ3n) is 2.91. The number of para-hydroxylation sites is 1. The minimum Gasteiger partial charge on any atom is -0.478 e. The highest BCUT2D eigenvalue weighted by molar-refractivity contribution is 5.94. The molecule has 0 saturated heterocycles. The fraction of sp³-hybridized carbons (Fsp3) is 0.214. The average molecular weight is 283 g/mol. The molecule has 0 bridgehead atoms. The van der Waals surface area contributed by atoms with Gasteiger partial charge in [-0.25, -0.2) is 4.79 Å². The van der Waals surface area contributed by atoms with E-state index in [0.717, 1.165) is 6.08 Å². The minimum atomic E-state index is -4.35. The van der Waals surface area contributed by atoms with Crippen LogP contribution in [-0.2, 0) is 0 Å². The molecule has 2 N–H and O–H groups in total. The number of anilines is 1. The van der Waals surface area contributed by atoms with Gasteiger partial charge in [-0.3, -0.25) is 0 Å². The Morgan fingerprint density at radius 2 is 1.95 bits per heavy atom. The number of aromatic carboxylic acids is 1. The predicted molar refractivity (Wildman–Crippen MR) is 68.5 cm³/mol. The highest BCUT2D eigenvalue weighted by atomic mass is 19.4. The Kier molecular flexibility index (Phi) is 3.83. The van der Waals surface area contributed by atoms with E-state index < -0.39 is 17.7 Å². The summed E-state index contributed by atoms with van der Waals surface area (Å²) in [7, 11) is 0. The van der Waals surface area contributed by atoms with Crippen LogP contribution >= 0.6 is 0 Å². The van der Waals surface area contributed by atoms with Crippen LogP contribution in [0.4, 0.5) is 18.9 Å². The van der Waals surface area contributed by atoms with Gasteiger partial charge in [0.25, 0.3) is 0 Å². The summed E-state index contributed by atoms with van der Waals surface area (Å²) in [6.45, 7) is 0. The lowest BCUT2D eigenvalue weighted by atomic mass is 10.0. The summed E-state index contributed by atoms with van der Waals surface area (Å²) in [5, 5.41) is 11.8. The van der Waals surface area contributed by atoms with Gasteiger partial charge in [0.15, 0.2) is 0 Å². The molecule has 0 unspecified atom stereocenters. The van der Waals surface area contributed by atoms with Crippen molar-refractivity contribution in [3.63, 3.8) is 0 Å². The Hall–Kier alpha value is -2.24. The lowest BCUT2D eigenvalue weighted by Crippen LogP contribution is -2.15. The lowest BCUT2D eigenvalue weighted by Gasteiger charge is -2.18. The summed E-state index contributed by atoms with van der Waals surface area (Å²) in [6, 6.07) is 6.08. The highest BCUT2D eigenvalue weighted by Gasteiger charge is 2.33. The summed E-state index contributed by atoms with van der Waals surface area (Å²) in [4.78, 5) is 11.0. The van der Waals surface area contributed by atoms with Crippen molar-refractivity contribution in [1.29, 1.82) is 0 Å². The number of hydrogen-bond acceptors (Lipinski definition) is 2. The predicted octanol–water partition coefficient (Wildman–Crippen LogP) is 3.96. The van der Waals surface area contributed by atoms with Gasteiger partial charge < -0.3 is 10.4 Å². The van der Waals surface area contributed by atoms with E-state index in [1.54, 1.807) is 18.2 Å². The lowest BCUT2D eigenvalue weighted by molar-refractivity contribution is -0.0941. The second-order valence-electron chi connectivity index (χ2n) is 4.34. The fourth-order valence-electron chi connectivity index (χ4n) is 1.95. The summed E-state index contributed by atoms with van der Waals surface area (Å²) >= 11 is 0. The average Bonchev–Trinajstić information content (AvgIpc) is 2.38. The molecule has 0 atom stereocenters. The molecule has 2 rings (SSSR count). The number of nitrogens with one attached hydrogen (secondary N) is 1. The van der Waals surface area contributed by atoms with E-state index in [-0.39, 0.29) is 29.8 Å². The molecule has 1 aliphatic carbocycles. The first-order valence-corrected chi connectivity index (χ1v) is 5.95. The second-order valence-corrected chi connectivity index (χ2v) is 4.34. The molecule has 0 fully saturated rings. The molecule has 0 spiro atoms. The van der Waals surface area contributed by atoms with E-state index >= 15 is 0 Å². The van der Waals surface area contributed by atoms with Crippen LogP contribution in [0.5, 0.6) is 0 Å². The number of benzene rings is 1. The van der Waals surface area contributed by atoms with Gasteiger partial charge in [0, 0.05) is 11.3 Å². The quantitative estimate of drug-likeness (QED) is 0.882. The number of carboxylic acid groups (broad SMARTS) is 1. The fourth-order valence-corrected chi connectivity index (χ4v) is 1.95. The molecule has 0 amide bonds. The molecule has 1 aromatic rings. The monoisotopic (exact) mass is 283 g/mol. The number of halogens is 3. The van der Waals surface area contributed by atoms with Crippen molar-refractivity contribution in [2.24, 2.45) is 0 Å². The Labute approximate surface area is 113 Å². The molecule has 1 aromatic carbocycles. The summed E-state index contributed by atoms with van der Waals surface area (Å²) in [5.74, 6) is -1.13. The maximum Gasteiger partial charge on any atom is 0.412 e. The molecule has 0 saturated carbocycles. The van der Waals surface area contributed by atoms with Crippen LogP contribution in [0.25, 0.3) is 0 Å². The number of rotatable bonds is 3. The topological polar surface area (TPSA) is 49.3 Å². The molecule has 0 aromatic heterocycles. The van der Waals surface area contributed by atoms with E-state index in [9.17, 15) is 18.0 Å². The summed E-state index contributed by atoms with van der Waals surface area (Å²) in [5.41, 5.74) is -0.0700. The molecule has 6 heteroatoms. The zero-order valence-corrected chi connectivity index (χ0v) is 10.4. The van der Waals surface area contributed by atoms with Crippen molar-refractivity contribution in [2.75, 3.05) is 5.32 Å².